The molecule has 0 saturated heterocycles. The van der Waals surface area contributed by atoms with Crippen molar-refractivity contribution in [3.63, 3.8) is 0 Å². The molecule has 0 fully saturated rings. The molecule has 74 valence electrons. The van der Waals surface area contributed by atoms with E-state index in [1.54, 1.807) is 6.20 Å². The Morgan fingerprint density at radius 2 is 2.07 bits per heavy atom. The Morgan fingerprint density at radius 3 is 2.93 bits per heavy atom. The van der Waals surface area contributed by atoms with Crippen LogP contribution < -0.4 is 0 Å². The summed E-state index contributed by atoms with van der Waals surface area (Å²) in [5.74, 6) is 5.95. The molecule has 0 bridgehead atoms. The van der Waals surface area contributed by atoms with E-state index in [1.165, 1.54) is 0 Å². The summed E-state index contributed by atoms with van der Waals surface area (Å²) in [6.45, 7) is 0.107. The van der Waals surface area contributed by atoms with Crippen molar-refractivity contribution >= 4 is 10.9 Å². The first-order valence-corrected chi connectivity index (χ1v) is 4.85. The number of rotatable bonds is 1. The lowest BCUT2D eigenvalue weighted by Crippen LogP contribution is -1.83. The third-order valence-corrected chi connectivity index (χ3v) is 2.11. The lowest BCUT2D eigenvalue weighted by atomic mass is 10.1. The quantitative estimate of drug-likeness (QED) is 0.709. The van der Waals surface area contributed by atoms with Gasteiger partial charge in [-0.1, -0.05) is 30.0 Å². The molecule has 0 amide bonds. The Balaban J connectivity index is 2.48. The van der Waals surface area contributed by atoms with E-state index in [1.807, 2.05) is 30.3 Å². The molecule has 1 N–H and O–H groups in total. The minimum Gasteiger partial charge on any atom is -0.395 e. The van der Waals surface area contributed by atoms with Crippen LogP contribution in [0.25, 0.3) is 10.9 Å². The zero-order chi connectivity index (χ0) is 10.5. The van der Waals surface area contributed by atoms with Gasteiger partial charge >= 0.3 is 0 Å². The average molecular weight is 197 g/mol. The highest BCUT2D eigenvalue weighted by Crippen LogP contribution is 2.14. The van der Waals surface area contributed by atoms with E-state index >= 15 is 0 Å². The summed E-state index contributed by atoms with van der Waals surface area (Å²) >= 11 is 0. The number of aliphatic hydroxyl groups is 1. The van der Waals surface area contributed by atoms with Crippen LogP contribution in [0.15, 0.2) is 36.5 Å². The maximum Gasteiger partial charge on any atom is 0.0714 e. The van der Waals surface area contributed by atoms with Crippen molar-refractivity contribution in [3.05, 3.63) is 42.1 Å². The molecule has 0 saturated carbocycles. The summed E-state index contributed by atoms with van der Waals surface area (Å²) in [4.78, 5) is 4.25. The number of hydrogen-bond acceptors (Lipinski definition) is 2. The second kappa shape index (κ2) is 4.59. The Labute approximate surface area is 88.6 Å². The first-order valence-electron chi connectivity index (χ1n) is 4.85. The molecule has 0 spiro atoms. The highest BCUT2D eigenvalue weighted by Gasteiger charge is 1.96. The van der Waals surface area contributed by atoms with Gasteiger partial charge < -0.3 is 5.11 Å². The average Bonchev–Trinajstić information content (AvgIpc) is 2.30. The SMILES string of the molecule is OCCC#Cc1ccnc2ccccc12. The molecule has 2 aromatic rings. The van der Waals surface area contributed by atoms with E-state index in [0.717, 1.165) is 16.5 Å². The van der Waals surface area contributed by atoms with E-state index in [0.29, 0.717) is 6.42 Å². The summed E-state index contributed by atoms with van der Waals surface area (Å²) in [6.07, 6.45) is 2.27. The third kappa shape index (κ3) is 2.15. The zero-order valence-corrected chi connectivity index (χ0v) is 8.27. The zero-order valence-electron chi connectivity index (χ0n) is 8.27. The number of hydrogen-bond donors (Lipinski definition) is 1. The van der Waals surface area contributed by atoms with Gasteiger partial charge in [0.05, 0.1) is 12.1 Å². The van der Waals surface area contributed by atoms with Crippen LogP contribution in [0.2, 0.25) is 0 Å². The molecule has 2 rings (SSSR count). The monoisotopic (exact) mass is 197 g/mol. The van der Waals surface area contributed by atoms with Crippen molar-refractivity contribution in [2.75, 3.05) is 6.61 Å². The summed E-state index contributed by atoms with van der Waals surface area (Å²) < 4.78 is 0. The van der Waals surface area contributed by atoms with Crippen molar-refractivity contribution in [2.24, 2.45) is 0 Å². The normalized spacial score (nSPS) is 9.67. The molecule has 0 atom stereocenters. The van der Waals surface area contributed by atoms with Gasteiger partial charge in [0.2, 0.25) is 0 Å². The predicted octanol–water partition coefficient (Wildman–Crippen LogP) is 1.97. The largest absolute Gasteiger partial charge is 0.395 e. The molecule has 1 heterocycles. The van der Waals surface area contributed by atoms with Crippen molar-refractivity contribution in [3.8, 4) is 11.8 Å². The Morgan fingerprint density at radius 1 is 1.20 bits per heavy atom. The second-order valence-corrected chi connectivity index (χ2v) is 3.15. The molecule has 0 aliphatic heterocycles. The van der Waals surface area contributed by atoms with Crippen molar-refractivity contribution in [2.45, 2.75) is 6.42 Å². The minimum absolute atomic E-state index is 0.107. The molecule has 1 aromatic carbocycles. The van der Waals surface area contributed by atoms with Crippen LogP contribution in [0.1, 0.15) is 12.0 Å². The smallest absolute Gasteiger partial charge is 0.0714 e. The number of para-hydroxylation sites is 1. The van der Waals surface area contributed by atoms with Gasteiger partial charge in [-0.2, -0.15) is 0 Å². The van der Waals surface area contributed by atoms with Gasteiger partial charge in [0.15, 0.2) is 0 Å². The summed E-state index contributed by atoms with van der Waals surface area (Å²) in [5, 5.41) is 9.70. The molecule has 1 aromatic heterocycles. The Bertz CT molecular complexity index is 517. The van der Waals surface area contributed by atoms with Crippen LogP contribution in [0.5, 0.6) is 0 Å². The molecule has 0 radical (unpaired) electrons. The van der Waals surface area contributed by atoms with Gasteiger partial charge in [-0.3, -0.25) is 4.98 Å². The number of fused-ring (bicyclic) bond motifs is 1. The standard InChI is InChI=1S/C13H11NO/c15-10-4-3-5-11-8-9-14-13-7-2-1-6-12(11)13/h1-2,6-9,15H,4,10H2. The first kappa shape index (κ1) is 9.70. The fourth-order valence-corrected chi connectivity index (χ4v) is 1.42. The van der Waals surface area contributed by atoms with Crippen LogP contribution in [-0.4, -0.2) is 16.7 Å². The molecule has 15 heavy (non-hydrogen) atoms. The Kier molecular flexibility index (Phi) is 2.96. The van der Waals surface area contributed by atoms with Crippen molar-refractivity contribution in [1.82, 2.24) is 4.98 Å². The number of benzene rings is 1. The predicted molar refractivity (Wildman–Crippen MR) is 60.3 cm³/mol. The highest BCUT2D eigenvalue weighted by molar-refractivity contribution is 5.84. The van der Waals surface area contributed by atoms with Crippen LogP contribution in [-0.2, 0) is 0 Å². The van der Waals surface area contributed by atoms with E-state index in [-0.39, 0.29) is 6.61 Å². The maximum absolute atomic E-state index is 8.64. The molecule has 0 aliphatic carbocycles. The molecular weight excluding hydrogens is 186 g/mol. The fourth-order valence-electron chi connectivity index (χ4n) is 1.42. The van der Waals surface area contributed by atoms with Gasteiger partial charge in [-0.15, -0.1) is 0 Å². The minimum atomic E-state index is 0.107. The molecule has 0 aliphatic rings. The number of pyridine rings is 1. The second-order valence-electron chi connectivity index (χ2n) is 3.15. The summed E-state index contributed by atoms with van der Waals surface area (Å²) in [6, 6.07) is 9.80. The lowest BCUT2D eigenvalue weighted by Gasteiger charge is -1.98. The van der Waals surface area contributed by atoms with Gasteiger partial charge in [0.25, 0.3) is 0 Å². The number of aromatic nitrogens is 1. The summed E-state index contributed by atoms with van der Waals surface area (Å²) in [5.41, 5.74) is 1.92. The fraction of sp³-hybridized carbons (Fsp3) is 0.154. The number of nitrogens with zero attached hydrogens (tertiary/aromatic N) is 1. The van der Waals surface area contributed by atoms with Crippen molar-refractivity contribution < 1.29 is 5.11 Å². The van der Waals surface area contributed by atoms with E-state index in [9.17, 15) is 0 Å². The van der Waals surface area contributed by atoms with Gasteiger partial charge in [-0.05, 0) is 12.1 Å². The van der Waals surface area contributed by atoms with Crippen molar-refractivity contribution in [1.29, 1.82) is 0 Å². The molecule has 2 nitrogen and oxygen atoms in total. The molecular formula is C13H11NO. The van der Waals surface area contributed by atoms with Gasteiger partial charge in [-0.25, -0.2) is 0 Å². The van der Waals surface area contributed by atoms with Crippen LogP contribution >= 0.6 is 0 Å². The van der Waals surface area contributed by atoms with Crippen LogP contribution in [0, 0.1) is 11.8 Å². The lowest BCUT2D eigenvalue weighted by molar-refractivity contribution is 0.305. The topological polar surface area (TPSA) is 33.1 Å². The van der Waals surface area contributed by atoms with E-state index < -0.39 is 0 Å². The van der Waals surface area contributed by atoms with Gasteiger partial charge in [0, 0.05) is 23.6 Å². The van der Waals surface area contributed by atoms with Gasteiger partial charge in [0.1, 0.15) is 0 Å². The number of aliphatic hydroxyl groups excluding tert-OH is 1. The highest BCUT2D eigenvalue weighted by atomic mass is 16.2. The Hall–Kier alpha value is -1.85. The van der Waals surface area contributed by atoms with Crippen LogP contribution in [0.4, 0.5) is 0 Å². The first-order chi connectivity index (χ1) is 7.42. The van der Waals surface area contributed by atoms with E-state index in [2.05, 4.69) is 16.8 Å². The maximum atomic E-state index is 8.64. The third-order valence-electron chi connectivity index (χ3n) is 2.11. The van der Waals surface area contributed by atoms with Crippen LogP contribution in [0.3, 0.4) is 0 Å². The summed E-state index contributed by atoms with van der Waals surface area (Å²) in [7, 11) is 0. The molecule has 2 heteroatoms. The molecule has 0 unspecified atom stereocenters. The van der Waals surface area contributed by atoms with E-state index in [4.69, 9.17) is 5.11 Å².